The topological polar surface area (TPSA) is 137 Å². The third-order valence-electron chi connectivity index (χ3n) is 4.12. The second kappa shape index (κ2) is 9.58. The Bertz CT molecular complexity index is 1100. The molecule has 10 nitrogen and oxygen atoms in total. The van der Waals surface area contributed by atoms with Crippen molar-refractivity contribution in [3.05, 3.63) is 48.0 Å². The summed E-state index contributed by atoms with van der Waals surface area (Å²) in [6, 6.07) is 10.0. The summed E-state index contributed by atoms with van der Waals surface area (Å²) in [5.74, 6) is -0.714. The Morgan fingerprint density at radius 3 is 2.35 bits per heavy atom. The van der Waals surface area contributed by atoms with E-state index in [1.54, 1.807) is 6.07 Å². The number of ketones is 1. The smallest absolute Gasteiger partial charge is 0.321 e. The van der Waals surface area contributed by atoms with Crippen molar-refractivity contribution in [1.82, 2.24) is 4.72 Å². The standard InChI is InChI=1S/C20H20N2O8S/c1-13(23)22-15-3-5-16(6-4-15)31(26,27)21-11-20(25)30-12-17(24)14-2-7-18-19(10-14)29-9-8-28-18/h2-7,10,21H,8-9,11-12H2,1H3,(H,22,23). The van der Waals surface area contributed by atoms with Crippen LogP contribution in [0.25, 0.3) is 0 Å². The summed E-state index contributed by atoms with van der Waals surface area (Å²) in [4.78, 5) is 35.0. The number of ether oxygens (including phenoxy) is 3. The second-order valence-corrected chi connectivity index (χ2v) is 8.24. The van der Waals surface area contributed by atoms with E-state index in [9.17, 15) is 22.8 Å². The average molecular weight is 448 g/mol. The molecular formula is C20H20N2O8S. The molecule has 31 heavy (non-hydrogen) atoms. The van der Waals surface area contributed by atoms with Gasteiger partial charge in [0.05, 0.1) is 4.90 Å². The van der Waals surface area contributed by atoms with Gasteiger partial charge >= 0.3 is 5.97 Å². The summed E-state index contributed by atoms with van der Waals surface area (Å²) in [7, 11) is -3.98. The van der Waals surface area contributed by atoms with E-state index in [2.05, 4.69) is 10.0 Å². The van der Waals surface area contributed by atoms with E-state index in [0.717, 1.165) is 0 Å². The van der Waals surface area contributed by atoms with Gasteiger partial charge in [0.25, 0.3) is 0 Å². The fraction of sp³-hybridized carbons (Fsp3) is 0.250. The first kappa shape index (κ1) is 22.2. The van der Waals surface area contributed by atoms with E-state index in [4.69, 9.17) is 14.2 Å². The fourth-order valence-corrected chi connectivity index (χ4v) is 3.62. The molecule has 11 heteroatoms. The second-order valence-electron chi connectivity index (χ2n) is 6.47. The molecule has 0 aliphatic carbocycles. The Hall–Kier alpha value is -3.44. The van der Waals surface area contributed by atoms with Crippen LogP contribution in [0.15, 0.2) is 47.4 Å². The predicted molar refractivity (Wildman–Crippen MR) is 109 cm³/mol. The van der Waals surface area contributed by atoms with Gasteiger partial charge in [0.1, 0.15) is 19.8 Å². The normalized spacial score (nSPS) is 12.7. The number of Topliss-reactive ketones (excluding diaryl/α,β-unsaturated/α-hetero) is 1. The van der Waals surface area contributed by atoms with Crippen molar-refractivity contribution in [2.75, 3.05) is 31.7 Å². The van der Waals surface area contributed by atoms with E-state index in [1.165, 1.54) is 43.3 Å². The molecule has 0 bridgehead atoms. The van der Waals surface area contributed by atoms with Gasteiger partial charge in [0.2, 0.25) is 15.9 Å². The Labute approximate surface area is 178 Å². The van der Waals surface area contributed by atoms with Gasteiger partial charge in [-0.1, -0.05) is 0 Å². The van der Waals surface area contributed by atoms with Crippen LogP contribution >= 0.6 is 0 Å². The fourth-order valence-electron chi connectivity index (χ4n) is 2.66. The molecular weight excluding hydrogens is 428 g/mol. The summed E-state index contributed by atoms with van der Waals surface area (Å²) >= 11 is 0. The lowest BCUT2D eigenvalue weighted by atomic mass is 10.1. The van der Waals surface area contributed by atoms with Crippen molar-refractivity contribution in [3.8, 4) is 11.5 Å². The van der Waals surface area contributed by atoms with Crippen LogP contribution in [0.1, 0.15) is 17.3 Å². The largest absolute Gasteiger partial charge is 0.486 e. The van der Waals surface area contributed by atoms with Crippen LogP contribution in [-0.4, -0.2) is 52.4 Å². The molecule has 0 spiro atoms. The van der Waals surface area contributed by atoms with Gasteiger partial charge in [-0.15, -0.1) is 0 Å². The minimum absolute atomic E-state index is 0.0956. The summed E-state index contributed by atoms with van der Waals surface area (Å²) in [5.41, 5.74) is 0.709. The SMILES string of the molecule is CC(=O)Nc1ccc(S(=O)(=O)NCC(=O)OCC(=O)c2ccc3c(c2)OCCO3)cc1. The third kappa shape index (κ3) is 6.03. The maximum absolute atomic E-state index is 12.3. The van der Waals surface area contributed by atoms with E-state index in [0.29, 0.717) is 30.4 Å². The van der Waals surface area contributed by atoms with Crippen molar-refractivity contribution in [3.63, 3.8) is 0 Å². The van der Waals surface area contributed by atoms with Gasteiger partial charge in [-0.2, -0.15) is 4.72 Å². The van der Waals surface area contributed by atoms with Gasteiger partial charge in [0, 0.05) is 18.2 Å². The van der Waals surface area contributed by atoms with Crippen molar-refractivity contribution in [1.29, 1.82) is 0 Å². The van der Waals surface area contributed by atoms with Gasteiger partial charge in [-0.05, 0) is 42.5 Å². The quantitative estimate of drug-likeness (QED) is 0.453. The summed E-state index contributed by atoms with van der Waals surface area (Å²) in [6.45, 7) is 0.926. The average Bonchev–Trinajstić information content (AvgIpc) is 2.75. The highest BCUT2D eigenvalue weighted by Crippen LogP contribution is 2.30. The van der Waals surface area contributed by atoms with Crippen LogP contribution < -0.4 is 19.5 Å². The molecule has 0 unspecified atom stereocenters. The van der Waals surface area contributed by atoms with Crippen LogP contribution in [-0.2, 0) is 24.3 Å². The molecule has 2 aromatic carbocycles. The molecule has 164 valence electrons. The molecule has 0 aromatic heterocycles. The van der Waals surface area contributed by atoms with Gasteiger partial charge < -0.3 is 19.5 Å². The molecule has 1 aliphatic heterocycles. The zero-order chi connectivity index (χ0) is 22.4. The third-order valence-corrected chi connectivity index (χ3v) is 5.54. The summed E-state index contributed by atoms with van der Waals surface area (Å²) in [6.07, 6.45) is 0. The Balaban J connectivity index is 1.50. The number of rotatable bonds is 8. The first-order chi connectivity index (χ1) is 14.7. The number of amides is 1. The zero-order valence-electron chi connectivity index (χ0n) is 16.5. The minimum atomic E-state index is -3.98. The van der Waals surface area contributed by atoms with Gasteiger partial charge in [0.15, 0.2) is 23.9 Å². The Morgan fingerprint density at radius 1 is 1.00 bits per heavy atom. The molecule has 3 rings (SSSR count). The Kier molecular flexibility index (Phi) is 6.88. The summed E-state index contributed by atoms with van der Waals surface area (Å²) < 4.78 is 42.3. The number of carbonyl (C=O) groups is 3. The minimum Gasteiger partial charge on any atom is -0.486 e. The van der Waals surface area contributed by atoms with E-state index in [-0.39, 0.29) is 16.4 Å². The lowest BCUT2D eigenvalue weighted by molar-refractivity contribution is -0.141. The van der Waals surface area contributed by atoms with Crippen LogP contribution in [0.3, 0.4) is 0 Å². The number of anilines is 1. The first-order valence-corrected chi connectivity index (χ1v) is 10.7. The van der Waals surface area contributed by atoms with E-state index < -0.39 is 34.9 Å². The molecule has 0 saturated carbocycles. The van der Waals surface area contributed by atoms with Crippen molar-refractivity contribution in [2.24, 2.45) is 0 Å². The molecule has 0 radical (unpaired) electrons. The Morgan fingerprint density at radius 2 is 1.68 bits per heavy atom. The van der Waals surface area contributed by atoms with Gasteiger partial charge in [-0.3, -0.25) is 14.4 Å². The first-order valence-electron chi connectivity index (χ1n) is 9.20. The van der Waals surface area contributed by atoms with E-state index >= 15 is 0 Å². The zero-order valence-corrected chi connectivity index (χ0v) is 17.4. The van der Waals surface area contributed by atoms with Crippen molar-refractivity contribution >= 4 is 33.4 Å². The maximum Gasteiger partial charge on any atom is 0.321 e. The molecule has 0 saturated heterocycles. The van der Waals surface area contributed by atoms with Crippen molar-refractivity contribution < 1.29 is 37.0 Å². The number of carbonyl (C=O) groups excluding carboxylic acids is 3. The molecule has 1 amide bonds. The number of sulfonamides is 1. The predicted octanol–water partition coefficient (Wildman–Crippen LogP) is 1.12. The van der Waals surface area contributed by atoms with Crippen LogP contribution in [0.2, 0.25) is 0 Å². The van der Waals surface area contributed by atoms with Crippen LogP contribution in [0, 0.1) is 0 Å². The van der Waals surface area contributed by atoms with Crippen LogP contribution in [0.4, 0.5) is 5.69 Å². The molecule has 1 aliphatic rings. The lowest BCUT2D eigenvalue weighted by Gasteiger charge is -2.18. The monoisotopic (exact) mass is 448 g/mol. The van der Waals surface area contributed by atoms with Crippen molar-refractivity contribution in [2.45, 2.75) is 11.8 Å². The highest BCUT2D eigenvalue weighted by atomic mass is 32.2. The number of nitrogens with one attached hydrogen (secondary N) is 2. The lowest BCUT2D eigenvalue weighted by Crippen LogP contribution is -2.31. The number of fused-ring (bicyclic) bond motifs is 1. The van der Waals surface area contributed by atoms with Crippen LogP contribution in [0.5, 0.6) is 11.5 Å². The molecule has 1 heterocycles. The molecule has 2 aromatic rings. The molecule has 0 fully saturated rings. The molecule has 0 atom stereocenters. The summed E-state index contributed by atoms with van der Waals surface area (Å²) in [5, 5.41) is 2.52. The maximum atomic E-state index is 12.3. The number of hydrogen-bond acceptors (Lipinski definition) is 8. The highest BCUT2D eigenvalue weighted by molar-refractivity contribution is 7.89. The van der Waals surface area contributed by atoms with Gasteiger partial charge in [-0.25, -0.2) is 8.42 Å². The number of hydrogen-bond donors (Lipinski definition) is 2. The van der Waals surface area contributed by atoms with E-state index in [1.807, 2.05) is 0 Å². The highest BCUT2D eigenvalue weighted by Gasteiger charge is 2.19. The molecule has 2 N–H and O–H groups in total. The number of esters is 1. The number of benzene rings is 2.